The Hall–Kier alpha value is -0.950. The lowest BCUT2D eigenvalue weighted by atomic mass is 10.2. The molecule has 0 bridgehead atoms. The molecule has 0 aliphatic carbocycles. The maximum atomic E-state index is 11.9. The maximum Gasteiger partial charge on any atom is 0.344 e. The number of rotatable bonds is 5. The van der Waals surface area contributed by atoms with Crippen molar-refractivity contribution in [3.8, 4) is 0 Å². The van der Waals surface area contributed by atoms with Crippen molar-refractivity contribution in [3.05, 3.63) is 44.3 Å². The average molecular weight is 360 g/mol. The van der Waals surface area contributed by atoms with E-state index in [0.29, 0.717) is 27.5 Å². The molecule has 0 amide bonds. The molecule has 1 unspecified atom stereocenters. The van der Waals surface area contributed by atoms with Gasteiger partial charge in [0.05, 0.1) is 22.7 Å². The second-order valence-electron chi connectivity index (χ2n) is 5.09. The summed E-state index contributed by atoms with van der Waals surface area (Å²) in [5.74, 6) is 0.659. The summed E-state index contributed by atoms with van der Waals surface area (Å²) in [7, 11) is 0. The molecule has 118 valence electrons. The summed E-state index contributed by atoms with van der Waals surface area (Å²) in [6, 6.07) is 5.51. The van der Waals surface area contributed by atoms with Crippen molar-refractivity contribution in [1.29, 1.82) is 0 Å². The number of hydrogen-bond donors (Lipinski definition) is 1. The summed E-state index contributed by atoms with van der Waals surface area (Å²) >= 11 is 13.4. The molecule has 8 heteroatoms. The molecule has 2 aromatic rings. The van der Waals surface area contributed by atoms with Gasteiger partial charge in [0.2, 0.25) is 0 Å². The average Bonchev–Trinajstić information content (AvgIpc) is 3.13. The number of aromatic amines is 1. The number of benzene rings is 1. The van der Waals surface area contributed by atoms with Gasteiger partial charge in [0, 0.05) is 12.4 Å². The first kappa shape index (κ1) is 15.9. The van der Waals surface area contributed by atoms with E-state index >= 15 is 0 Å². The number of halogens is 2. The highest BCUT2D eigenvalue weighted by Crippen LogP contribution is 2.27. The van der Waals surface area contributed by atoms with Crippen LogP contribution in [0.1, 0.15) is 18.4 Å². The normalized spacial score (nSPS) is 18.0. The molecule has 0 radical (unpaired) electrons. The molecule has 22 heavy (non-hydrogen) atoms. The Labute approximate surface area is 142 Å². The molecule has 2 heterocycles. The predicted molar refractivity (Wildman–Crippen MR) is 87.8 cm³/mol. The molecule has 1 aromatic carbocycles. The number of aromatic nitrogens is 3. The quantitative estimate of drug-likeness (QED) is 0.831. The summed E-state index contributed by atoms with van der Waals surface area (Å²) in [4.78, 5) is 11.9. The number of nitrogens with one attached hydrogen (secondary N) is 1. The van der Waals surface area contributed by atoms with Gasteiger partial charge < -0.3 is 4.74 Å². The summed E-state index contributed by atoms with van der Waals surface area (Å²) in [5.41, 5.74) is 0.825. The largest absolute Gasteiger partial charge is 0.376 e. The summed E-state index contributed by atoms with van der Waals surface area (Å²) in [6.45, 7) is 1.31. The van der Waals surface area contributed by atoms with E-state index in [1.54, 1.807) is 10.6 Å². The van der Waals surface area contributed by atoms with Gasteiger partial charge in [-0.3, -0.25) is 4.57 Å². The van der Waals surface area contributed by atoms with E-state index in [1.807, 2.05) is 12.1 Å². The zero-order valence-corrected chi connectivity index (χ0v) is 14.0. The van der Waals surface area contributed by atoms with Crippen LogP contribution in [0.4, 0.5) is 0 Å². The number of H-pyrrole nitrogens is 1. The first-order valence-corrected chi connectivity index (χ1v) is 8.71. The van der Waals surface area contributed by atoms with Gasteiger partial charge in [-0.2, -0.15) is 0 Å². The van der Waals surface area contributed by atoms with Crippen LogP contribution in [0.2, 0.25) is 10.0 Å². The standard InChI is InChI=1S/C14H15Cl2N3O2S/c15-11-4-3-9(6-12(11)16)8-22-14-18-17-13(20)19(14)7-10-2-1-5-21-10/h3-4,6,10H,1-2,5,7-8H2,(H,17,20). The molecular formula is C14H15Cl2N3O2S. The maximum absolute atomic E-state index is 11.9. The van der Waals surface area contributed by atoms with Crippen LogP contribution in [0.5, 0.6) is 0 Å². The van der Waals surface area contributed by atoms with Crippen molar-refractivity contribution in [2.45, 2.75) is 36.4 Å². The van der Waals surface area contributed by atoms with Crippen molar-refractivity contribution in [2.24, 2.45) is 0 Å². The smallest absolute Gasteiger partial charge is 0.344 e. The Morgan fingerprint density at radius 2 is 2.27 bits per heavy atom. The Balaban J connectivity index is 1.69. The van der Waals surface area contributed by atoms with Crippen molar-refractivity contribution >= 4 is 35.0 Å². The second kappa shape index (κ2) is 7.08. The zero-order valence-electron chi connectivity index (χ0n) is 11.7. The number of ether oxygens (including phenoxy) is 1. The highest BCUT2D eigenvalue weighted by atomic mass is 35.5. The summed E-state index contributed by atoms with van der Waals surface area (Å²) in [5, 5.41) is 8.31. The first-order chi connectivity index (χ1) is 10.6. The van der Waals surface area contributed by atoms with Crippen molar-refractivity contribution in [2.75, 3.05) is 6.61 Å². The van der Waals surface area contributed by atoms with Crippen LogP contribution in [0.3, 0.4) is 0 Å². The van der Waals surface area contributed by atoms with Gasteiger partial charge in [-0.25, -0.2) is 9.89 Å². The lowest BCUT2D eigenvalue weighted by Gasteiger charge is -2.11. The number of thioether (sulfide) groups is 1. The minimum Gasteiger partial charge on any atom is -0.376 e. The van der Waals surface area contributed by atoms with E-state index in [0.717, 1.165) is 25.0 Å². The van der Waals surface area contributed by atoms with E-state index in [-0.39, 0.29) is 11.8 Å². The molecule has 3 rings (SSSR count). The number of nitrogens with zero attached hydrogens (tertiary/aromatic N) is 2. The van der Waals surface area contributed by atoms with Gasteiger partial charge in [-0.1, -0.05) is 41.0 Å². The Morgan fingerprint density at radius 3 is 3.00 bits per heavy atom. The minimum atomic E-state index is -0.202. The van der Waals surface area contributed by atoms with E-state index in [4.69, 9.17) is 27.9 Å². The molecule has 5 nitrogen and oxygen atoms in total. The highest BCUT2D eigenvalue weighted by Gasteiger charge is 2.19. The Bertz CT molecular complexity index is 710. The zero-order chi connectivity index (χ0) is 15.5. The van der Waals surface area contributed by atoms with Crippen LogP contribution >= 0.6 is 35.0 Å². The third-order valence-electron chi connectivity index (χ3n) is 3.49. The lowest BCUT2D eigenvalue weighted by Crippen LogP contribution is -2.24. The molecule has 0 saturated carbocycles. The molecule has 1 fully saturated rings. The van der Waals surface area contributed by atoms with Crippen LogP contribution < -0.4 is 5.69 Å². The van der Waals surface area contributed by atoms with Crippen molar-refractivity contribution in [3.63, 3.8) is 0 Å². The predicted octanol–water partition coefficient (Wildman–Crippen LogP) is 3.35. The van der Waals surface area contributed by atoms with Crippen molar-refractivity contribution < 1.29 is 4.74 Å². The van der Waals surface area contributed by atoms with E-state index < -0.39 is 0 Å². The van der Waals surface area contributed by atoms with Gasteiger partial charge >= 0.3 is 5.69 Å². The molecular weight excluding hydrogens is 345 g/mol. The Kier molecular flexibility index (Phi) is 5.13. The molecule has 1 N–H and O–H groups in total. The Morgan fingerprint density at radius 1 is 1.41 bits per heavy atom. The topological polar surface area (TPSA) is 59.9 Å². The highest BCUT2D eigenvalue weighted by molar-refractivity contribution is 7.98. The molecule has 1 aliphatic heterocycles. The fourth-order valence-electron chi connectivity index (χ4n) is 2.34. The van der Waals surface area contributed by atoms with Gasteiger partial charge in [-0.15, -0.1) is 5.10 Å². The van der Waals surface area contributed by atoms with Gasteiger partial charge in [0.15, 0.2) is 5.16 Å². The molecule has 0 spiro atoms. The molecule has 1 saturated heterocycles. The minimum absolute atomic E-state index is 0.0969. The molecule has 1 aliphatic rings. The first-order valence-electron chi connectivity index (χ1n) is 6.97. The van der Waals surface area contributed by atoms with E-state index in [9.17, 15) is 4.79 Å². The monoisotopic (exact) mass is 359 g/mol. The fourth-order valence-corrected chi connectivity index (χ4v) is 3.56. The van der Waals surface area contributed by atoms with Crippen LogP contribution in [-0.4, -0.2) is 27.5 Å². The SMILES string of the molecule is O=c1[nH]nc(SCc2ccc(Cl)c(Cl)c2)n1CC1CCCO1. The van der Waals surface area contributed by atoms with Gasteiger partial charge in [-0.05, 0) is 30.5 Å². The molecule has 1 atom stereocenters. The van der Waals surface area contributed by atoms with E-state index in [1.165, 1.54) is 11.8 Å². The second-order valence-corrected chi connectivity index (χ2v) is 6.85. The van der Waals surface area contributed by atoms with Gasteiger partial charge in [0.1, 0.15) is 0 Å². The van der Waals surface area contributed by atoms with Crippen LogP contribution in [0, 0.1) is 0 Å². The summed E-state index contributed by atoms with van der Waals surface area (Å²) < 4.78 is 7.22. The van der Waals surface area contributed by atoms with Gasteiger partial charge in [0.25, 0.3) is 0 Å². The fraction of sp³-hybridized carbons (Fsp3) is 0.429. The lowest BCUT2D eigenvalue weighted by molar-refractivity contribution is 0.0941. The van der Waals surface area contributed by atoms with Crippen molar-refractivity contribution in [1.82, 2.24) is 14.8 Å². The van der Waals surface area contributed by atoms with Crippen LogP contribution in [0.15, 0.2) is 28.2 Å². The summed E-state index contributed by atoms with van der Waals surface area (Å²) in [6.07, 6.45) is 2.12. The van der Waals surface area contributed by atoms with Crippen LogP contribution in [-0.2, 0) is 17.0 Å². The van der Waals surface area contributed by atoms with E-state index in [2.05, 4.69) is 10.2 Å². The van der Waals surface area contributed by atoms with Crippen LogP contribution in [0.25, 0.3) is 0 Å². The third-order valence-corrected chi connectivity index (χ3v) is 5.27. The number of hydrogen-bond acceptors (Lipinski definition) is 4. The molecule has 1 aromatic heterocycles. The third kappa shape index (κ3) is 3.68.